The van der Waals surface area contributed by atoms with E-state index in [4.69, 9.17) is 0 Å². The van der Waals surface area contributed by atoms with Crippen LogP contribution in [0.3, 0.4) is 0 Å². The Hall–Kier alpha value is -0.730. The van der Waals surface area contributed by atoms with Gasteiger partial charge >= 0.3 is 0 Å². The van der Waals surface area contributed by atoms with Crippen LogP contribution in [0.1, 0.15) is 33.1 Å². The summed E-state index contributed by atoms with van der Waals surface area (Å²) in [5.41, 5.74) is 0.734. The van der Waals surface area contributed by atoms with E-state index in [-0.39, 0.29) is 0 Å². The number of allylic oxidation sites excluding steroid dienone is 1. The topological polar surface area (TPSA) is 20.2 Å². The van der Waals surface area contributed by atoms with Crippen LogP contribution in [0.15, 0.2) is 47.4 Å². The zero-order chi connectivity index (χ0) is 13.2. The highest BCUT2D eigenvalue weighted by atomic mass is 32.2. The molecule has 98 valence electrons. The van der Waals surface area contributed by atoms with E-state index in [1.807, 2.05) is 24.8 Å². The van der Waals surface area contributed by atoms with Gasteiger partial charge in [0.2, 0.25) is 0 Å². The van der Waals surface area contributed by atoms with Crippen LogP contribution < -0.4 is 0 Å². The molecule has 1 aromatic rings. The van der Waals surface area contributed by atoms with Gasteiger partial charge in [-0.2, -0.15) is 0 Å². The van der Waals surface area contributed by atoms with Crippen LogP contribution in [-0.4, -0.2) is 16.0 Å². The van der Waals surface area contributed by atoms with Crippen LogP contribution in [0.4, 0.5) is 0 Å². The molecule has 3 atom stereocenters. The fourth-order valence-electron chi connectivity index (χ4n) is 2.69. The zero-order valence-electron chi connectivity index (χ0n) is 11.2. The minimum atomic E-state index is -0.515. The van der Waals surface area contributed by atoms with Crippen molar-refractivity contribution in [3.05, 3.63) is 42.5 Å². The maximum absolute atomic E-state index is 10.3. The predicted octanol–water partition coefficient (Wildman–Crippen LogP) is 4.27. The summed E-state index contributed by atoms with van der Waals surface area (Å²) in [6, 6.07) is 10.5. The van der Waals surface area contributed by atoms with Gasteiger partial charge in [-0.05, 0) is 51.2 Å². The van der Waals surface area contributed by atoms with E-state index in [0.29, 0.717) is 11.2 Å². The summed E-state index contributed by atoms with van der Waals surface area (Å²) < 4.78 is 0. The number of aliphatic hydroxyl groups is 1. The number of thioether (sulfide) groups is 1. The first-order valence-corrected chi connectivity index (χ1v) is 7.45. The van der Waals surface area contributed by atoms with Gasteiger partial charge in [-0.15, -0.1) is 11.8 Å². The summed E-state index contributed by atoms with van der Waals surface area (Å²) in [4.78, 5) is 1.28. The molecule has 1 N–H and O–H groups in total. The van der Waals surface area contributed by atoms with Gasteiger partial charge < -0.3 is 5.11 Å². The van der Waals surface area contributed by atoms with E-state index in [1.54, 1.807) is 0 Å². The Morgan fingerprint density at radius 1 is 1.39 bits per heavy atom. The molecule has 0 bridgehead atoms. The van der Waals surface area contributed by atoms with Crippen molar-refractivity contribution in [1.29, 1.82) is 0 Å². The quantitative estimate of drug-likeness (QED) is 0.821. The van der Waals surface area contributed by atoms with Crippen molar-refractivity contribution in [2.75, 3.05) is 0 Å². The highest BCUT2D eigenvalue weighted by Crippen LogP contribution is 2.43. The lowest BCUT2D eigenvalue weighted by atomic mass is 9.77. The van der Waals surface area contributed by atoms with Crippen molar-refractivity contribution in [2.24, 2.45) is 5.92 Å². The molecule has 18 heavy (non-hydrogen) atoms. The normalized spacial score (nSPS) is 32.2. The first kappa shape index (κ1) is 13.7. The van der Waals surface area contributed by atoms with Crippen LogP contribution in [0.25, 0.3) is 0 Å². The molecule has 2 rings (SSSR count). The first-order valence-electron chi connectivity index (χ1n) is 6.57. The van der Waals surface area contributed by atoms with Gasteiger partial charge in [0.05, 0.1) is 5.60 Å². The number of benzene rings is 1. The van der Waals surface area contributed by atoms with Crippen molar-refractivity contribution >= 4 is 11.8 Å². The van der Waals surface area contributed by atoms with Crippen molar-refractivity contribution in [1.82, 2.24) is 0 Å². The third kappa shape index (κ3) is 3.39. The Morgan fingerprint density at radius 3 is 2.67 bits per heavy atom. The maximum atomic E-state index is 10.3. The molecule has 3 unspecified atom stereocenters. The number of rotatable bonds is 3. The summed E-state index contributed by atoms with van der Waals surface area (Å²) in [6.45, 7) is 8.20. The fourth-order valence-corrected chi connectivity index (χ4v) is 4.33. The van der Waals surface area contributed by atoms with Crippen LogP contribution in [0, 0.1) is 5.92 Å². The zero-order valence-corrected chi connectivity index (χ0v) is 12.0. The Morgan fingerprint density at radius 2 is 2.06 bits per heavy atom. The molecule has 2 heteroatoms. The Labute approximate surface area is 114 Å². The minimum Gasteiger partial charge on any atom is -0.390 e. The summed E-state index contributed by atoms with van der Waals surface area (Å²) in [7, 11) is 0. The van der Waals surface area contributed by atoms with Crippen LogP contribution in [0.2, 0.25) is 0 Å². The van der Waals surface area contributed by atoms with E-state index in [1.165, 1.54) is 10.5 Å². The molecule has 1 aliphatic carbocycles. The molecule has 1 aromatic carbocycles. The molecular formula is C16H22OS. The van der Waals surface area contributed by atoms with E-state index in [9.17, 15) is 5.11 Å². The first-order chi connectivity index (χ1) is 8.48. The number of hydrogen-bond donors (Lipinski definition) is 1. The van der Waals surface area contributed by atoms with Crippen molar-refractivity contribution in [3.63, 3.8) is 0 Å². The second kappa shape index (κ2) is 5.50. The molecule has 0 amide bonds. The summed E-state index contributed by atoms with van der Waals surface area (Å²) in [5.74, 6) is 0.524. The third-order valence-electron chi connectivity index (χ3n) is 3.75. The van der Waals surface area contributed by atoms with Crippen molar-refractivity contribution in [2.45, 2.75) is 48.9 Å². The fraction of sp³-hybridized carbons (Fsp3) is 0.500. The largest absolute Gasteiger partial charge is 0.390 e. The number of hydrogen-bond acceptors (Lipinski definition) is 2. The van der Waals surface area contributed by atoms with Crippen LogP contribution in [0.5, 0.6) is 0 Å². The van der Waals surface area contributed by atoms with Crippen molar-refractivity contribution in [3.8, 4) is 0 Å². The third-order valence-corrected chi connectivity index (χ3v) is 5.09. The smallest absolute Gasteiger partial charge is 0.0630 e. The average molecular weight is 262 g/mol. The second-order valence-electron chi connectivity index (χ2n) is 5.66. The summed E-state index contributed by atoms with van der Waals surface area (Å²) in [5, 5.41) is 10.7. The van der Waals surface area contributed by atoms with Crippen molar-refractivity contribution < 1.29 is 5.11 Å². The lowest BCUT2D eigenvalue weighted by molar-refractivity contribution is 0.0155. The molecule has 0 aliphatic heterocycles. The molecule has 1 nitrogen and oxygen atoms in total. The molecule has 1 fully saturated rings. The molecule has 0 heterocycles. The van der Waals surface area contributed by atoms with E-state index in [0.717, 1.165) is 19.3 Å². The molecule has 0 spiro atoms. The van der Waals surface area contributed by atoms with Gasteiger partial charge in [-0.25, -0.2) is 0 Å². The summed E-state index contributed by atoms with van der Waals surface area (Å²) in [6.07, 6.45) is 2.79. The lowest BCUT2D eigenvalue weighted by Gasteiger charge is -2.39. The van der Waals surface area contributed by atoms with E-state index in [2.05, 4.69) is 37.8 Å². The highest BCUT2D eigenvalue weighted by molar-refractivity contribution is 8.00. The minimum absolute atomic E-state index is 0.439. The van der Waals surface area contributed by atoms with Gasteiger partial charge in [0.15, 0.2) is 0 Å². The second-order valence-corrected chi connectivity index (χ2v) is 6.97. The van der Waals surface area contributed by atoms with Crippen LogP contribution in [-0.2, 0) is 0 Å². The Bertz CT molecular complexity index is 410. The monoisotopic (exact) mass is 262 g/mol. The predicted molar refractivity (Wildman–Crippen MR) is 78.9 cm³/mol. The molecule has 0 aromatic heterocycles. The standard InChI is InChI=1S/C16H22OS/c1-12(2)14-9-10-16(3,17)11-15(14)18-13-7-5-4-6-8-13/h4-8,14-15,17H,1,9-11H2,2-3H3. The Balaban J connectivity index is 2.13. The molecule has 1 aliphatic rings. The van der Waals surface area contributed by atoms with Gasteiger partial charge in [-0.1, -0.05) is 30.4 Å². The SMILES string of the molecule is C=C(C)C1CCC(C)(O)CC1Sc1ccccc1. The average Bonchev–Trinajstić information content (AvgIpc) is 2.28. The maximum Gasteiger partial charge on any atom is 0.0630 e. The molecule has 0 saturated heterocycles. The van der Waals surface area contributed by atoms with E-state index >= 15 is 0 Å². The van der Waals surface area contributed by atoms with Gasteiger partial charge in [0.1, 0.15) is 0 Å². The molecular weight excluding hydrogens is 240 g/mol. The lowest BCUT2D eigenvalue weighted by Crippen LogP contribution is -2.38. The van der Waals surface area contributed by atoms with Gasteiger partial charge in [0.25, 0.3) is 0 Å². The van der Waals surface area contributed by atoms with Gasteiger partial charge in [0, 0.05) is 10.1 Å². The highest BCUT2D eigenvalue weighted by Gasteiger charge is 2.37. The van der Waals surface area contributed by atoms with Crippen LogP contribution >= 0.6 is 11.8 Å². The Kier molecular flexibility index (Phi) is 4.18. The molecule has 0 radical (unpaired) electrons. The molecule has 1 saturated carbocycles. The van der Waals surface area contributed by atoms with Gasteiger partial charge in [-0.3, -0.25) is 0 Å². The van der Waals surface area contributed by atoms with E-state index < -0.39 is 5.60 Å². The summed E-state index contributed by atoms with van der Waals surface area (Å²) >= 11 is 1.88.